The van der Waals surface area contributed by atoms with Gasteiger partial charge in [0.2, 0.25) is 11.8 Å². The SMILES string of the molecule is Nc1c(C2CC2)c(C2C[C@H]3CC[C@@H](C2)N3C(=O)c2nc(N3CCC(O)C3)n[nH]2)nc2c(-c3ccc(-c4ccccc4)nc3)cnn12. The quantitative estimate of drug-likeness (QED) is 0.255. The van der Waals surface area contributed by atoms with Crippen molar-refractivity contribution in [2.45, 2.75) is 75.0 Å². The first-order valence-electron chi connectivity index (χ1n) is 16.4. The number of nitrogen functional groups attached to an aromatic ring is 1. The zero-order valence-corrected chi connectivity index (χ0v) is 25.5. The lowest BCUT2D eigenvalue weighted by Crippen LogP contribution is -2.46. The van der Waals surface area contributed by atoms with Crippen molar-refractivity contribution in [1.29, 1.82) is 0 Å². The maximum absolute atomic E-state index is 13.8. The monoisotopic (exact) mass is 616 g/mol. The van der Waals surface area contributed by atoms with Crippen LogP contribution in [0, 0.1) is 0 Å². The second-order valence-electron chi connectivity index (χ2n) is 13.3. The highest BCUT2D eigenvalue weighted by atomic mass is 16.3. The maximum Gasteiger partial charge on any atom is 0.291 e. The molecule has 4 aromatic heterocycles. The van der Waals surface area contributed by atoms with E-state index in [0.29, 0.717) is 37.2 Å². The molecule has 4 atom stereocenters. The first-order chi connectivity index (χ1) is 22.5. The van der Waals surface area contributed by atoms with Crippen LogP contribution in [0.15, 0.2) is 54.9 Å². The van der Waals surface area contributed by atoms with Crippen LogP contribution in [0.4, 0.5) is 11.8 Å². The summed E-state index contributed by atoms with van der Waals surface area (Å²) in [5, 5.41) is 21.8. The van der Waals surface area contributed by atoms with Gasteiger partial charge in [-0.2, -0.15) is 14.6 Å². The normalized spacial score (nSPS) is 24.3. The third-order valence-corrected chi connectivity index (χ3v) is 10.4. The van der Waals surface area contributed by atoms with Crippen LogP contribution in [0.1, 0.15) is 78.7 Å². The van der Waals surface area contributed by atoms with Crippen molar-refractivity contribution < 1.29 is 9.90 Å². The van der Waals surface area contributed by atoms with Crippen LogP contribution in [0.3, 0.4) is 0 Å². The maximum atomic E-state index is 13.8. The van der Waals surface area contributed by atoms with Gasteiger partial charge in [0.15, 0.2) is 5.65 Å². The smallest absolute Gasteiger partial charge is 0.291 e. The number of carbonyl (C=O) groups excluding carboxylic acids is 1. The van der Waals surface area contributed by atoms with Crippen LogP contribution in [0.5, 0.6) is 0 Å². The fourth-order valence-corrected chi connectivity index (χ4v) is 7.95. The summed E-state index contributed by atoms with van der Waals surface area (Å²) >= 11 is 0. The number of aliphatic hydroxyl groups is 1. The van der Waals surface area contributed by atoms with Crippen molar-refractivity contribution in [2.75, 3.05) is 23.7 Å². The Kier molecular flexibility index (Phi) is 6.34. The number of piperidine rings is 1. The third-order valence-electron chi connectivity index (χ3n) is 10.4. The number of nitrogens with zero attached hydrogens (tertiary/aromatic N) is 8. The average molecular weight is 617 g/mol. The van der Waals surface area contributed by atoms with Gasteiger partial charge in [0.25, 0.3) is 5.91 Å². The van der Waals surface area contributed by atoms with Crippen molar-refractivity contribution in [3.63, 3.8) is 0 Å². The predicted octanol–water partition coefficient (Wildman–Crippen LogP) is 4.16. The number of aromatic nitrogens is 7. The number of amides is 1. The Morgan fingerprint density at radius 2 is 1.72 bits per heavy atom. The van der Waals surface area contributed by atoms with Gasteiger partial charge in [-0.25, -0.2) is 4.98 Å². The number of rotatable bonds is 6. The number of hydrogen-bond donors (Lipinski definition) is 3. The molecule has 1 aliphatic carbocycles. The van der Waals surface area contributed by atoms with E-state index < -0.39 is 0 Å². The highest BCUT2D eigenvalue weighted by Gasteiger charge is 2.46. The molecule has 1 aromatic carbocycles. The summed E-state index contributed by atoms with van der Waals surface area (Å²) in [5.41, 5.74) is 13.7. The number of fused-ring (bicyclic) bond motifs is 3. The van der Waals surface area contributed by atoms with Crippen LogP contribution in [0.2, 0.25) is 0 Å². The van der Waals surface area contributed by atoms with Gasteiger partial charge in [0.05, 0.1) is 23.7 Å². The van der Waals surface area contributed by atoms with E-state index in [-0.39, 0.29) is 35.8 Å². The molecule has 12 heteroatoms. The van der Waals surface area contributed by atoms with Gasteiger partial charge in [0, 0.05) is 59.5 Å². The van der Waals surface area contributed by atoms with E-state index >= 15 is 0 Å². The molecular weight excluding hydrogens is 580 g/mol. The number of anilines is 2. The summed E-state index contributed by atoms with van der Waals surface area (Å²) in [4.78, 5) is 32.3. The first kappa shape index (κ1) is 27.5. The third kappa shape index (κ3) is 4.53. The summed E-state index contributed by atoms with van der Waals surface area (Å²) in [6.07, 6.45) is 9.83. The standard InChI is InChI=1S/C34H36N10O2/c35-30-28(20-6-7-20)29(38-32-26(17-37-44(30)32)21-8-11-27(36-16-21)19-4-2-1-3-5-19)22-14-23-9-10-24(15-22)43(23)33(46)31-39-34(41-40-31)42-13-12-25(45)18-42/h1-5,8,11,16-17,20,22-25,45H,6-7,9-10,12-15,18,35H2,(H,39,40,41)/t22?,23-,24+,25?. The molecule has 2 bridgehead atoms. The Bertz CT molecular complexity index is 1920. The highest BCUT2D eigenvalue weighted by molar-refractivity contribution is 5.91. The van der Waals surface area contributed by atoms with Gasteiger partial charge >= 0.3 is 0 Å². The second kappa shape index (κ2) is 10.6. The zero-order valence-electron chi connectivity index (χ0n) is 25.5. The molecule has 3 aliphatic heterocycles. The molecule has 3 saturated heterocycles. The van der Waals surface area contributed by atoms with E-state index in [1.165, 1.54) is 0 Å². The van der Waals surface area contributed by atoms with Gasteiger partial charge in [-0.05, 0) is 56.9 Å². The van der Waals surface area contributed by atoms with E-state index in [0.717, 1.165) is 77.8 Å². The number of nitrogens with two attached hydrogens (primary N) is 1. The largest absolute Gasteiger partial charge is 0.391 e. The fourth-order valence-electron chi connectivity index (χ4n) is 7.95. The minimum Gasteiger partial charge on any atom is -0.391 e. The molecule has 4 N–H and O–H groups in total. The number of pyridine rings is 1. The second-order valence-corrected chi connectivity index (χ2v) is 13.3. The molecule has 46 heavy (non-hydrogen) atoms. The summed E-state index contributed by atoms with van der Waals surface area (Å²) in [5.74, 6) is 1.92. The molecule has 7 heterocycles. The minimum atomic E-state index is -0.384. The number of aliphatic hydroxyl groups excluding tert-OH is 1. The lowest BCUT2D eigenvalue weighted by molar-refractivity contribution is 0.0557. The Labute approximate surface area is 265 Å². The van der Waals surface area contributed by atoms with Crippen LogP contribution in [0.25, 0.3) is 28.0 Å². The van der Waals surface area contributed by atoms with Crippen molar-refractivity contribution in [3.8, 4) is 22.4 Å². The van der Waals surface area contributed by atoms with E-state index in [1.54, 1.807) is 4.52 Å². The van der Waals surface area contributed by atoms with Gasteiger partial charge in [-0.15, -0.1) is 5.10 Å². The predicted molar refractivity (Wildman–Crippen MR) is 172 cm³/mol. The first-order valence-corrected chi connectivity index (χ1v) is 16.4. The van der Waals surface area contributed by atoms with Crippen LogP contribution >= 0.6 is 0 Å². The van der Waals surface area contributed by atoms with Crippen LogP contribution in [-0.4, -0.2) is 82.0 Å². The number of aromatic amines is 1. The molecule has 4 fully saturated rings. The lowest BCUT2D eigenvalue weighted by Gasteiger charge is -2.39. The summed E-state index contributed by atoms with van der Waals surface area (Å²) in [6, 6.07) is 14.5. The molecule has 0 spiro atoms. The van der Waals surface area contributed by atoms with Gasteiger partial charge < -0.3 is 20.6 Å². The Morgan fingerprint density at radius 3 is 2.41 bits per heavy atom. The molecule has 2 unspecified atom stereocenters. The fraction of sp³-hybridized carbons (Fsp3) is 0.412. The molecule has 4 aliphatic rings. The number of hydrogen-bond acceptors (Lipinski definition) is 9. The molecule has 1 amide bonds. The van der Waals surface area contributed by atoms with Gasteiger partial charge in [-0.3, -0.25) is 14.9 Å². The number of benzene rings is 1. The zero-order chi connectivity index (χ0) is 30.9. The molecule has 234 valence electrons. The molecule has 9 rings (SSSR count). The number of H-pyrrole nitrogens is 1. The highest BCUT2D eigenvalue weighted by Crippen LogP contribution is 2.50. The van der Waals surface area contributed by atoms with E-state index in [4.69, 9.17) is 20.8 Å². The van der Waals surface area contributed by atoms with E-state index in [9.17, 15) is 9.90 Å². The van der Waals surface area contributed by atoms with Crippen molar-refractivity contribution in [3.05, 3.63) is 71.9 Å². The van der Waals surface area contributed by atoms with Crippen molar-refractivity contribution in [2.24, 2.45) is 0 Å². The molecule has 5 aromatic rings. The average Bonchev–Trinajstić information content (AvgIpc) is 3.37. The van der Waals surface area contributed by atoms with E-state index in [2.05, 4.69) is 33.4 Å². The summed E-state index contributed by atoms with van der Waals surface area (Å²) in [7, 11) is 0. The number of β-amino-alcohol motifs (C(OH)–C–C–N with tert-alkyl or cyclic N) is 1. The summed E-state index contributed by atoms with van der Waals surface area (Å²) in [6.45, 7) is 1.17. The van der Waals surface area contributed by atoms with Crippen LogP contribution in [-0.2, 0) is 0 Å². The Balaban J connectivity index is 1.01. The summed E-state index contributed by atoms with van der Waals surface area (Å²) < 4.78 is 1.80. The minimum absolute atomic E-state index is 0.0979. The van der Waals surface area contributed by atoms with Gasteiger partial charge in [0.1, 0.15) is 5.82 Å². The number of carbonyl (C=O) groups is 1. The topological polar surface area (TPSA) is 154 Å². The molecule has 0 radical (unpaired) electrons. The Hall–Kier alpha value is -4.84. The molecular formula is C34H36N10O2. The van der Waals surface area contributed by atoms with Crippen molar-refractivity contribution >= 4 is 23.3 Å². The Morgan fingerprint density at radius 1 is 0.913 bits per heavy atom. The molecule has 1 saturated carbocycles. The lowest BCUT2D eigenvalue weighted by atomic mass is 9.85. The van der Waals surface area contributed by atoms with Crippen LogP contribution < -0.4 is 10.6 Å². The molecule has 12 nitrogen and oxygen atoms in total. The number of nitrogens with one attached hydrogen (secondary N) is 1. The van der Waals surface area contributed by atoms with E-state index in [1.807, 2.05) is 46.5 Å². The van der Waals surface area contributed by atoms with Crippen molar-refractivity contribution in [1.82, 2.24) is 39.7 Å². The van der Waals surface area contributed by atoms with Gasteiger partial charge in [-0.1, -0.05) is 36.4 Å².